The zero-order valence-corrected chi connectivity index (χ0v) is 49.8. The molecule has 0 fully saturated rings. The maximum Gasteiger partial charge on any atom is 0.416 e. The molecule has 7 nitrogen and oxygen atoms in total. The molecule has 6 N–H and O–H groups in total. The fourth-order valence-electron chi connectivity index (χ4n) is 8.15. The van der Waals surface area contributed by atoms with Crippen LogP contribution in [0.2, 0.25) is 0 Å². The maximum atomic E-state index is 12.1. The molecule has 0 spiro atoms. The Labute approximate surface area is 412 Å². The molecule has 0 aliphatic heterocycles. The van der Waals surface area contributed by atoms with Gasteiger partial charge >= 0.3 is 6.18 Å². The quantitative estimate of drug-likeness (QED) is 0.143. The summed E-state index contributed by atoms with van der Waals surface area (Å²) >= 11 is 0. The minimum Gasteiger partial charge on any atom is -0.393 e. The van der Waals surface area contributed by atoms with E-state index in [1.54, 1.807) is 27.9 Å². The highest BCUT2D eigenvalue weighted by atomic mass is 19.4. The average molecular weight is 968 g/mol. The molecule has 10 heteroatoms. The summed E-state index contributed by atoms with van der Waals surface area (Å²) in [4.78, 5) is 0. The average Bonchev–Trinajstić information content (AvgIpc) is 2.77. The summed E-state index contributed by atoms with van der Waals surface area (Å²) in [5, 5.41) is 54.9. The maximum absolute atomic E-state index is 12.1. The van der Waals surface area contributed by atoms with E-state index in [-0.39, 0.29) is 58.7 Å². The van der Waals surface area contributed by atoms with E-state index in [2.05, 4.69) is 138 Å². The monoisotopic (exact) mass is 967 g/mol. The fourth-order valence-corrected chi connectivity index (χ4v) is 8.15. The van der Waals surface area contributed by atoms with E-state index in [0.29, 0.717) is 5.41 Å². The summed E-state index contributed by atoms with van der Waals surface area (Å²) in [6.07, 6.45) is 0.255. The lowest BCUT2D eigenvalue weighted by Crippen LogP contribution is -2.44. The summed E-state index contributed by atoms with van der Waals surface area (Å²) in [6, 6.07) is 0. The van der Waals surface area contributed by atoms with Crippen LogP contribution in [0.25, 0.3) is 0 Å². The van der Waals surface area contributed by atoms with Crippen LogP contribution < -0.4 is 0 Å². The molecule has 0 aliphatic carbocycles. The molecule has 1 unspecified atom stereocenters. The largest absolute Gasteiger partial charge is 0.416 e. The van der Waals surface area contributed by atoms with Gasteiger partial charge in [-0.2, -0.15) is 13.2 Å². The Morgan fingerprint density at radius 3 is 0.561 bits per heavy atom. The summed E-state index contributed by atoms with van der Waals surface area (Å²) in [6.45, 7) is 63.4. The number of hydrogen-bond donors (Lipinski definition) is 6. The number of ether oxygens (including phenoxy) is 1. The summed E-state index contributed by atoms with van der Waals surface area (Å²) < 4.78 is 41.7. The van der Waals surface area contributed by atoms with Gasteiger partial charge in [0, 0.05) is 7.11 Å². The lowest BCUT2D eigenvalue weighted by atomic mass is 9.82. The molecule has 0 saturated carbocycles. The fraction of sp³-hybridized carbons (Fsp3) is 1.00. The molecule has 66 heavy (non-hydrogen) atoms. The minimum atomic E-state index is -4.54. The van der Waals surface area contributed by atoms with E-state index in [1.807, 2.05) is 55.4 Å². The molecule has 0 saturated heterocycles. The first-order valence-corrected chi connectivity index (χ1v) is 24.1. The van der Waals surface area contributed by atoms with Gasteiger partial charge in [-0.25, -0.2) is 0 Å². The van der Waals surface area contributed by atoms with Crippen molar-refractivity contribution in [1.82, 2.24) is 0 Å². The first-order valence-electron chi connectivity index (χ1n) is 24.1. The van der Waals surface area contributed by atoms with E-state index in [1.165, 1.54) is 0 Å². The van der Waals surface area contributed by atoms with Gasteiger partial charge < -0.3 is 35.4 Å². The highest BCUT2D eigenvalue weighted by Crippen LogP contribution is 2.39. The lowest BCUT2D eigenvalue weighted by Gasteiger charge is -2.32. The molecule has 0 bridgehead atoms. The van der Waals surface area contributed by atoms with Crippen molar-refractivity contribution in [2.75, 3.05) is 7.11 Å². The second-order valence-corrected chi connectivity index (χ2v) is 30.1. The van der Waals surface area contributed by atoms with Gasteiger partial charge in [-0.15, -0.1) is 0 Å². The van der Waals surface area contributed by atoms with Crippen LogP contribution in [0.4, 0.5) is 13.2 Å². The van der Waals surface area contributed by atoms with Crippen LogP contribution in [0.15, 0.2) is 0 Å². The molecule has 3 atom stereocenters. The second-order valence-electron chi connectivity index (χ2n) is 30.1. The number of halogens is 3. The van der Waals surface area contributed by atoms with Crippen LogP contribution in [-0.2, 0) is 4.74 Å². The van der Waals surface area contributed by atoms with Gasteiger partial charge in [0.25, 0.3) is 0 Å². The van der Waals surface area contributed by atoms with Gasteiger partial charge in [0.15, 0.2) is 5.60 Å². The highest BCUT2D eigenvalue weighted by Gasteiger charge is 2.51. The molecule has 412 valence electrons. The second kappa shape index (κ2) is 31.1. The number of rotatable bonds is 8. The number of hydrogen-bond acceptors (Lipinski definition) is 7. The van der Waals surface area contributed by atoms with Crippen LogP contribution in [0.5, 0.6) is 0 Å². The van der Waals surface area contributed by atoms with Crippen molar-refractivity contribution >= 4 is 0 Å². The van der Waals surface area contributed by atoms with Gasteiger partial charge in [-0.3, -0.25) is 0 Å². The molecule has 0 aromatic carbocycles. The Hall–Kier alpha value is -0.490. The Morgan fingerprint density at radius 2 is 0.530 bits per heavy atom. The molecule has 0 aromatic rings. The SMILES string of the molecule is C.CC(C)(C)CC(C)(C)O.CC(C)(C)CC(C)(C)O.CC(C)(C)CC(C)(C)O.CC(C)(C)CC(C)(O)C(F)(F)F.COC(C)(C)CC(C)(C)C.C[C@@H](O)CC(C)(C)C.C[C@H](O)CC(C)(C)C. The summed E-state index contributed by atoms with van der Waals surface area (Å²) in [5.74, 6) is 0. The summed E-state index contributed by atoms with van der Waals surface area (Å²) in [7, 11) is 1.77. The van der Waals surface area contributed by atoms with Crippen LogP contribution in [0, 0.1) is 37.9 Å². The molecule has 0 heterocycles. The number of methoxy groups -OCH3 is 1. The zero-order chi connectivity index (χ0) is 55.3. The van der Waals surface area contributed by atoms with E-state index < -0.39 is 34.0 Å². The predicted molar refractivity (Wildman–Crippen MR) is 285 cm³/mol. The molecular formula is C56H125F3O7. The van der Waals surface area contributed by atoms with E-state index in [0.717, 1.165) is 45.4 Å². The Balaban J connectivity index is -0.0000000993. The smallest absolute Gasteiger partial charge is 0.393 e. The molecule has 0 aromatic heterocycles. The topological polar surface area (TPSA) is 131 Å². The van der Waals surface area contributed by atoms with Crippen molar-refractivity contribution in [3.05, 3.63) is 0 Å². The molecule has 0 aliphatic rings. The standard InChI is InChI=1S/C9H20O.C8H15F3O.3C8H18O.2C7H16O.CH4/c1-8(2,3)7-9(4,5)10-6;1-6(2,3)5-7(4,12)8(9,10)11;3*1-7(2,3)6-8(4,5)9;2*1-6(8)5-7(2,3)4;/h7H2,1-6H3;12H,5H2,1-4H3;3*9H,6H2,1-5H3;2*6,8H,5H2,1-4H3;1H4/t;;;;;2*6-;/m.....10./s1. The zero-order valence-electron chi connectivity index (χ0n) is 49.8. The molecule has 0 radical (unpaired) electrons. The number of aliphatic hydroxyl groups excluding tert-OH is 2. The first kappa shape index (κ1) is 82.4. The van der Waals surface area contributed by atoms with Gasteiger partial charge in [0.05, 0.1) is 34.6 Å². The van der Waals surface area contributed by atoms with Crippen LogP contribution in [0.1, 0.15) is 274 Å². The van der Waals surface area contributed by atoms with Crippen molar-refractivity contribution in [2.24, 2.45) is 37.9 Å². The third-order valence-electron chi connectivity index (χ3n) is 7.70. The van der Waals surface area contributed by atoms with Gasteiger partial charge in [0.1, 0.15) is 0 Å². The van der Waals surface area contributed by atoms with Crippen LogP contribution in [-0.4, -0.2) is 84.1 Å². The normalized spacial score (nSPS) is 15.2. The number of aliphatic hydroxyl groups is 6. The minimum absolute atomic E-state index is 0. The Morgan fingerprint density at radius 1 is 0.348 bits per heavy atom. The molecule has 0 amide bonds. The summed E-state index contributed by atoms with van der Waals surface area (Å²) in [5.41, 5.74) is -3.02. The first-order chi connectivity index (χ1) is 27.2. The lowest BCUT2D eigenvalue weighted by molar-refractivity contribution is -0.261. The number of alkyl halides is 3. The Bertz CT molecular complexity index is 1020. The molecular weight excluding hydrogens is 842 g/mol. The predicted octanol–water partition coefficient (Wildman–Crippen LogP) is 16.4. The van der Waals surface area contributed by atoms with Crippen molar-refractivity contribution in [1.29, 1.82) is 0 Å². The van der Waals surface area contributed by atoms with E-state index >= 15 is 0 Å². The van der Waals surface area contributed by atoms with Gasteiger partial charge in [0.2, 0.25) is 0 Å². The van der Waals surface area contributed by atoms with Gasteiger partial charge in [-0.1, -0.05) is 153 Å². The highest BCUT2D eigenvalue weighted by molar-refractivity contribution is 4.86. The van der Waals surface area contributed by atoms with Crippen molar-refractivity contribution < 1.29 is 48.5 Å². The molecule has 0 rings (SSSR count). The van der Waals surface area contributed by atoms with Crippen molar-refractivity contribution in [2.45, 2.75) is 320 Å². The van der Waals surface area contributed by atoms with Crippen LogP contribution >= 0.6 is 0 Å². The third-order valence-corrected chi connectivity index (χ3v) is 7.70. The van der Waals surface area contributed by atoms with Crippen molar-refractivity contribution in [3.8, 4) is 0 Å². The third kappa shape index (κ3) is 93.5. The Kier molecular flexibility index (Phi) is 38.8. The van der Waals surface area contributed by atoms with Crippen LogP contribution in [0.3, 0.4) is 0 Å². The van der Waals surface area contributed by atoms with Crippen molar-refractivity contribution in [3.63, 3.8) is 0 Å². The van der Waals surface area contributed by atoms with Gasteiger partial charge in [-0.05, 0) is 159 Å². The van der Waals surface area contributed by atoms with E-state index in [4.69, 9.17) is 20.1 Å². The van der Waals surface area contributed by atoms with E-state index in [9.17, 15) is 28.5 Å².